The van der Waals surface area contributed by atoms with Gasteiger partial charge in [-0.15, -0.1) is 11.3 Å². The molecule has 2 rings (SSSR count). The van der Waals surface area contributed by atoms with Gasteiger partial charge in [-0.05, 0) is 25.8 Å². The minimum atomic E-state index is -4.02. The predicted molar refractivity (Wildman–Crippen MR) is 94.0 cm³/mol. The fourth-order valence-corrected chi connectivity index (χ4v) is 7.20. The summed E-state index contributed by atoms with van der Waals surface area (Å²) in [5, 5.41) is 4.42. The van der Waals surface area contributed by atoms with Gasteiger partial charge in [-0.25, -0.2) is 22.0 Å². The van der Waals surface area contributed by atoms with Gasteiger partial charge >= 0.3 is 0 Å². The standard InChI is InChI=1S/C14H23NO8S3/c1-9(21-3)22-8-23-12-6-10(4-5-20-2)25(16,17)14-11(12)7-13(24-14)26(15,18)19/h7,9-10,12H,4-6,8H2,1-3H3,(H2,15,18,19). The molecule has 1 aliphatic rings. The molecule has 3 unspecified atom stereocenters. The predicted octanol–water partition coefficient (Wildman–Crippen LogP) is 1.00. The summed E-state index contributed by atoms with van der Waals surface area (Å²) in [6.45, 7) is 1.82. The van der Waals surface area contributed by atoms with Crippen molar-refractivity contribution in [2.24, 2.45) is 5.14 Å². The second kappa shape index (κ2) is 8.61. The van der Waals surface area contributed by atoms with E-state index in [-0.39, 0.29) is 34.7 Å². The third-order valence-electron chi connectivity index (χ3n) is 4.05. The van der Waals surface area contributed by atoms with E-state index in [1.54, 1.807) is 6.92 Å². The van der Waals surface area contributed by atoms with Gasteiger partial charge < -0.3 is 18.9 Å². The van der Waals surface area contributed by atoms with Crippen LogP contribution in [-0.2, 0) is 38.8 Å². The first-order valence-corrected chi connectivity index (χ1v) is 11.7. The summed E-state index contributed by atoms with van der Waals surface area (Å²) >= 11 is 0.647. The summed E-state index contributed by atoms with van der Waals surface area (Å²) in [4.78, 5) is 0. The molecule has 3 atom stereocenters. The highest BCUT2D eigenvalue weighted by atomic mass is 32.3. The fraction of sp³-hybridized carbons (Fsp3) is 0.714. The van der Waals surface area contributed by atoms with Crippen LogP contribution in [0, 0.1) is 0 Å². The van der Waals surface area contributed by atoms with Crippen molar-refractivity contribution in [1.82, 2.24) is 0 Å². The Labute approximate surface area is 157 Å². The van der Waals surface area contributed by atoms with Gasteiger partial charge in [0.1, 0.15) is 8.42 Å². The van der Waals surface area contributed by atoms with E-state index in [4.69, 9.17) is 24.1 Å². The lowest BCUT2D eigenvalue weighted by Gasteiger charge is -2.29. The van der Waals surface area contributed by atoms with E-state index in [1.165, 1.54) is 20.3 Å². The molecule has 1 aromatic rings. The molecule has 0 fully saturated rings. The number of primary sulfonamides is 1. The summed E-state index contributed by atoms with van der Waals surface area (Å²) in [7, 11) is -4.76. The van der Waals surface area contributed by atoms with Crippen molar-refractivity contribution in [1.29, 1.82) is 0 Å². The number of ether oxygens (including phenoxy) is 4. The molecule has 26 heavy (non-hydrogen) atoms. The number of methoxy groups -OCH3 is 2. The molecule has 0 saturated carbocycles. The molecule has 0 amide bonds. The number of hydrogen-bond acceptors (Lipinski definition) is 9. The molecular formula is C14H23NO8S3. The fourth-order valence-electron chi connectivity index (χ4n) is 2.56. The van der Waals surface area contributed by atoms with Crippen molar-refractivity contribution in [2.45, 2.75) is 45.8 Å². The number of sulfonamides is 1. The molecule has 0 aliphatic carbocycles. The van der Waals surface area contributed by atoms with Crippen molar-refractivity contribution < 1.29 is 35.8 Å². The third-order valence-corrected chi connectivity index (χ3v) is 9.42. The van der Waals surface area contributed by atoms with E-state index < -0.39 is 37.5 Å². The average Bonchev–Trinajstić information content (AvgIpc) is 3.02. The Hall–Kier alpha value is -0.600. The quantitative estimate of drug-likeness (QED) is 0.575. The average molecular weight is 430 g/mol. The van der Waals surface area contributed by atoms with Crippen LogP contribution in [0.2, 0.25) is 0 Å². The second-order valence-corrected chi connectivity index (χ2v) is 11.0. The maximum atomic E-state index is 12.8. The van der Waals surface area contributed by atoms with Crippen LogP contribution in [0.15, 0.2) is 14.5 Å². The van der Waals surface area contributed by atoms with E-state index in [2.05, 4.69) is 0 Å². The van der Waals surface area contributed by atoms with Crippen LogP contribution in [0.5, 0.6) is 0 Å². The molecule has 0 radical (unpaired) electrons. The largest absolute Gasteiger partial charge is 0.385 e. The van der Waals surface area contributed by atoms with Crippen molar-refractivity contribution in [2.75, 3.05) is 27.6 Å². The van der Waals surface area contributed by atoms with Gasteiger partial charge in [0.2, 0.25) is 10.0 Å². The number of sulfone groups is 1. The highest BCUT2D eigenvalue weighted by Gasteiger charge is 2.42. The molecule has 150 valence electrons. The zero-order valence-electron chi connectivity index (χ0n) is 14.7. The Morgan fingerprint density at radius 3 is 2.65 bits per heavy atom. The summed E-state index contributed by atoms with van der Waals surface area (Å²) in [5.41, 5.74) is 0.293. The number of nitrogens with two attached hydrogens (primary N) is 1. The maximum Gasteiger partial charge on any atom is 0.247 e. The van der Waals surface area contributed by atoms with Crippen molar-refractivity contribution in [3.8, 4) is 0 Å². The molecule has 9 nitrogen and oxygen atoms in total. The molecule has 0 bridgehead atoms. The first kappa shape index (κ1) is 21.7. The topological polar surface area (TPSA) is 131 Å². The lowest BCUT2D eigenvalue weighted by atomic mass is 10.1. The maximum absolute atomic E-state index is 12.8. The zero-order valence-corrected chi connectivity index (χ0v) is 17.2. The molecular weight excluding hydrogens is 406 g/mol. The Bertz CT molecular complexity index is 817. The molecule has 2 heterocycles. The van der Waals surface area contributed by atoms with E-state index in [0.29, 0.717) is 16.9 Å². The Balaban J connectivity index is 2.35. The van der Waals surface area contributed by atoms with Crippen LogP contribution in [0.1, 0.15) is 31.4 Å². The van der Waals surface area contributed by atoms with Gasteiger partial charge in [-0.2, -0.15) is 0 Å². The van der Waals surface area contributed by atoms with Crippen LogP contribution in [0.4, 0.5) is 0 Å². The first-order chi connectivity index (χ1) is 12.1. The molecule has 1 aromatic heterocycles. The van der Waals surface area contributed by atoms with E-state index in [1.807, 2.05) is 0 Å². The highest BCUT2D eigenvalue weighted by Crippen LogP contribution is 2.44. The number of thiophene rings is 1. The molecule has 0 saturated heterocycles. The van der Waals surface area contributed by atoms with Crippen molar-refractivity contribution >= 4 is 31.2 Å². The van der Waals surface area contributed by atoms with Gasteiger partial charge in [-0.3, -0.25) is 0 Å². The van der Waals surface area contributed by atoms with Gasteiger partial charge in [0, 0.05) is 26.4 Å². The highest BCUT2D eigenvalue weighted by molar-refractivity contribution is 7.95. The monoisotopic (exact) mass is 429 g/mol. The Kier molecular flexibility index (Phi) is 7.18. The molecule has 1 aliphatic heterocycles. The molecule has 2 N–H and O–H groups in total. The van der Waals surface area contributed by atoms with E-state index in [0.717, 1.165) is 0 Å². The van der Waals surface area contributed by atoms with Gasteiger partial charge in [0.05, 0.1) is 11.4 Å². The zero-order chi connectivity index (χ0) is 19.5. The van der Waals surface area contributed by atoms with Crippen molar-refractivity contribution in [3.05, 3.63) is 11.6 Å². The smallest absolute Gasteiger partial charge is 0.247 e. The van der Waals surface area contributed by atoms with E-state index in [9.17, 15) is 16.8 Å². The van der Waals surface area contributed by atoms with Crippen molar-refractivity contribution in [3.63, 3.8) is 0 Å². The summed E-state index contributed by atoms with van der Waals surface area (Å²) in [6, 6.07) is 1.27. The third kappa shape index (κ3) is 4.81. The minimum absolute atomic E-state index is 0.0290. The number of hydrogen-bond donors (Lipinski definition) is 1. The van der Waals surface area contributed by atoms with Crippen LogP contribution in [0.25, 0.3) is 0 Å². The normalized spacial score (nSPS) is 23.5. The summed E-state index contributed by atoms with van der Waals surface area (Å²) < 4.78 is 69.7. The first-order valence-electron chi connectivity index (χ1n) is 7.76. The van der Waals surface area contributed by atoms with Gasteiger partial charge in [0.25, 0.3) is 0 Å². The Morgan fingerprint density at radius 2 is 2.08 bits per heavy atom. The lowest BCUT2D eigenvalue weighted by Crippen LogP contribution is -2.31. The van der Waals surface area contributed by atoms with Crippen LogP contribution in [0.3, 0.4) is 0 Å². The molecule has 0 aromatic carbocycles. The SMILES string of the molecule is COCCC1CC(OCOC(C)OC)c2cc(S(N)(=O)=O)sc2S1(=O)=O. The lowest BCUT2D eigenvalue weighted by molar-refractivity contribution is -0.190. The molecule has 12 heteroatoms. The van der Waals surface area contributed by atoms with Crippen LogP contribution in [-0.4, -0.2) is 56.0 Å². The summed E-state index contributed by atoms with van der Waals surface area (Å²) in [5.74, 6) is 0. The number of fused-ring (bicyclic) bond motifs is 1. The molecule has 0 spiro atoms. The Morgan fingerprint density at radius 1 is 1.38 bits per heavy atom. The second-order valence-electron chi connectivity index (χ2n) is 5.78. The minimum Gasteiger partial charge on any atom is -0.385 e. The van der Waals surface area contributed by atoms with Gasteiger partial charge in [-0.1, -0.05) is 0 Å². The summed E-state index contributed by atoms with van der Waals surface area (Å²) in [6.07, 6.45) is -0.681. The van der Waals surface area contributed by atoms with Gasteiger partial charge in [0.15, 0.2) is 22.9 Å². The van der Waals surface area contributed by atoms with E-state index >= 15 is 0 Å². The number of rotatable bonds is 9. The van der Waals surface area contributed by atoms with Crippen LogP contribution < -0.4 is 5.14 Å². The van der Waals surface area contributed by atoms with Crippen LogP contribution >= 0.6 is 11.3 Å².